The molecule has 5 nitrogen and oxygen atoms in total. The molecule has 0 spiro atoms. The molecule has 0 saturated heterocycles. The van der Waals surface area contributed by atoms with Gasteiger partial charge in [0.1, 0.15) is 0 Å². The Hall–Kier alpha value is -8.19. The fraction of sp³-hybridized carbons (Fsp3) is 0. The summed E-state index contributed by atoms with van der Waals surface area (Å²) in [6.07, 6.45) is 0. The molecule has 63 heavy (non-hydrogen) atoms. The number of hydrogen-bond donors (Lipinski definition) is 0. The molecule has 0 amide bonds. The number of nitrogens with zero attached hydrogens (tertiary/aromatic N) is 5. The number of hydrogen-bond acceptors (Lipinski definition) is 4. The minimum Gasteiger partial charge on any atom is -0.278 e. The van der Waals surface area contributed by atoms with E-state index in [4.69, 9.17) is 34.1 Å². The zero-order valence-corrected chi connectivity index (χ0v) is 32.8. The van der Waals surface area contributed by atoms with Crippen molar-refractivity contribution in [3.05, 3.63) is 212 Å². The number of fused-ring (bicyclic) bond motifs is 9. The van der Waals surface area contributed by atoms with Gasteiger partial charge >= 0.3 is 0 Å². The van der Waals surface area contributed by atoms with Gasteiger partial charge in [-0.05, 0) is 69.7 Å². The van der Waals surface area contributed by atoms with E-state index >= 15 is 0 Å². The van der Waals surface area contributed by atoms with Crippen LogP contribution in [0.15, 0.2) is 212 Å². The Morgan fingerprint density at radius 1 is 0.381 bits per heavy atom. The van der Waals surface area contributed by atoms with Crippen LogP contribution in [-0.4, -0.2) is 24.1 Å². The zero-order valence-electron chi connectivity index (χ0n) is 56.0. The summed E-state index contributed by atoms with van der Waals surface area (Å²) in [6.45, 7) is 0. The average molecular weight is 846 g/mol. The molecule has 0 saturated carbocycles. The minimum atomic E-state index is -0.909. The maximum absolute atomic E-state index is 10.1. The quantitative estimate of drug-likeness (QED) is 0.167. The zero-order chi connectivity index (χ0) is 62.3. The Balaban J connectivity index is 1.26. The van der Waals surface area contributed by atoms with Gasteiger partial charge in [-0.3, -0.25) is 9.13 Å². The van der Waals surface area contributed by atoms with Crippen LogP contribution in [0.5, 0.6) is 0 Å². The average Bonchev–Trinajstić information content (AvgIpc) is 1.60. The van der Waals surface area contributed by atoms with Gasteiger partial charge in [-0.25, -0.2) is 0 Å². The van der Waals surface area contributed by atoms with Gasteiger partial charge in [-0.1, -0.05) is 175 Å². The van der Waals surface area contributed by atoms with Crippen molar-refractivity contribution in [3.63, 3.8) is 0 Å². The third kappa shape index (κ3) is 5.73. The van der Waals surface area contributed by atoms with Crippen LogP contribution in [0.2, 0.25) is 0 Å². The molecule has 0 fully saturated rings. The summed E-state index contributed by atoms with van der Waals surface area (Å²) in [5.74, 6) is -1.66. The van der Waals surface area contributed by atoms with E-state index in [1.54, 1.807) is 29.5 Å². The fourth-order valence-corrected chi connectivity index (χ4v) is 9.14. The largest absolute Gasteiger partial charge is 0.278 e. The molecule has 294 valence electrons. The van der Waals surface area contributed by atoms with Crippen LogP contribution in [0.1, 0.15) is 32.9 Å². The van der Waals surface area contributed by atoms with E-state index in [0.29, 0.717) is 5.56 Å². The van der Waals surface area contributed by atoms with E-state index in [0.717, 1.165) is 34.9 Å². The number of para-hydroxylation sites is 2. The van der Waals surface area contributed by atoms with Gasteiger partial charge in [-0.15, -0.1) is 11.3 Å². The molecule has 6 heteroatoms. The summed E-state index contributed by atoms with van der Waals surface area (Å²) in [4.78, 5) is 14.7. The van der Waals surface area contributed by atoms with E-state index in [9.17, 15) is 13.7 Å². The lowest BCUT2D eigenvalue weighted by atomic mass is 10.0. The minimum absolute atomic E-state index is 0.182. The van der Waals surface area contributed by atoms with Gasteiger partial charge < -0.3 is 0 Å². The molecule has 9 aromatic carbocycles. The third-order valence-electron chi connectivity index (χ3n) is 10.7. The van der Waals surface area contributed by atoms with Crippen molar-refractivity contribution in [3.8, 4) is 56.7 Å². The van der Waals surface area contributed by atoms with Crippen molar-refractivity contribution in [1.82, 2.24) is 24.1 Å². The van der Waals surface area contributed by atoms with Crippen LogP contribution in [-0.2, 0) is 0 Å². The SMILES string of the molecule is [2H]c1c([2H])c([2H])c(-c2c([2H])c([2H])c3c4c([2H])c([2H])c(-c5c([2H])c([2H])c([2H])c([2H])c5[2H])c([2H])c4n(-c4nc(-c5cccc(-c6cccc7c6sc6ccccc67)c5)nc(-n5c6c([2H])c([2H])c([2H])c([2H])c6c6c([2H])c([2H])c([2H])c([2H])c65)n4)c3c2[2H])c([2H])c1[2H]. The Morgan fingerprint density at radius 2 is 0.905 bits per heavy atom. The summed E-state index contributed by atoms with van der Waals surface area (Å²) in [5.41, 5.74) is -3.42. The molecule has 0 aliphatic heterocycles. The van der Waals surface area contributed by atoms with E-state index < -0.39 is 212 Å². The third-order valence-corrected chi connectivity index (χ3v) is 11.9. The van der Waals surface area contributed by atoms with Crippen LogP contribution in [0.4, 0.5) is 0 Å². The van der Waals surface area contributed by atoms with Crippen LogP contribution in [0, 0.1) is 0 Å². The van der Waals surface area contributed by atoms with Gasteiger partial charge in [0.05, 0.1) is 55.0 Å². The maximum Gasteiger partial charge on any atom is 0.240 e. The fourth-order valence-electron chi connectivity index (χ4n) is 7.91. The molecule has 0 aliphatic rings. The van der Waals surface area contributed by atoms with Gasteiger partial charge in [0.25, 0.3) is 0 Å². The first-order chi connectivity index (χ1) is 41.2. The Bertz CT molecular complexity index is 5080. The molecular formula is C57H35N5S. The normalized spacial score (nSPS) is 17.1. The summed E-state index contributed by atoms with van der Waals surface area (Å²) >= 11 is 1.54. The second-order valence-electron chi connectivity index (χ2n) is 14.2. The van der Waals surface area contributed by atoms with E-state index in [2.05, 4.69) is 0 Å². The lowest BCUT2D eigenvalue weighted by Gasteiger charge is -2.14. The molecule has 4 heterocycles. The van der Waals surface area contributed by atoms with E-state index in [-0.39, 0.29) is 22.2 Å². The number of thiophene rings is 1. The smallest absolute Gasteiger partial charge is 0.240 e. The van der Waals surface area contributed by atoms with Crippen molar-refractivity contribution >= 4 is 75.1 Å². The van der Waals surface area contributed by atoms with Crippen molar-refractivity contribution in [2.75, 3.05) is 0 Å². The lowest BCUT2D eigenvalue weighted by molar-refractivity contribution is 0.893. The molecular weight excluding hydrogens is 787 g/mol. The van der Waals surface area contributed by atoms with Gasteiger partial charge in [0.2, 0.25) is 11.9 Å². The predicted octanol–water partition coefficient (Wildman–Crippen LogP) is 15.1. The molecule has 13 aromatic rings. The topological polar surface area (TPSA) is 48.5 Å². The molecule has 0 aliphatic carbocycles. The van der Waals surface area contributed by atoms with E-state index in [1.165, 1.54) is 0 Å². The van der Waals surface area contributed by atoms with Crippen LogP contribution in [0.3, 0.4) is 0 Å². The Labute approximate surface area is 400 Å². The first-order valence-corrected chi connectivity index (χ1v) is 20.1. The lowest BCUT2D eigenvalue weighted by Crippen LogP contribution is -2.10. The Morgan fingerprint density at radius 3 is 1.56 bits per heavy atom. The predicted molar refractivity (Wildman–Crippen MR) is 263 cm³/mol. The first kappa shape index (κ1) is 19.2. The molecule has 0 N–H and O–H groups in total. The summed E-state index contributed by atoms with van der Waals surface area (Å²) in [5, 5.41) is 0.144. The second kappa shape index (κ2) is 14.2. The summed E-state index contributed by atoms with van der Waals surface area (Å²) in [6, 6.07) is 0.314. The highest BCUT2D eigenvalue weighted by atomic mass is 32.1. The van der Waals surface area contributed by atoms with Gasteiger partial charge in [0, 0.05) is 47.3 Å². The monoisotopic (exact) mass is 845 g/mol. The van der Waals surface area contributed by atoms with Crippen LogP contribution < -0.4 is 0 Å². The Kier molecular flexibility index (Phi) is 4.34. The summed E-state index contributed by atoms with van der Waals surface area (Å²) < 4.78 is 222. The van der Waals surface area contributed by atoms with Crippen molar-refractivity contribution in [1.29, 1.82) is 0 Å². The van der Waals surface area contributed by atoms with Crippen molar-refractivity contribution in [2.24, 2.45) is 0 Å². The standard InChI is InChI=1S/C57H35N5S/c1-3-15-36(16-4-1)38-29-31-45-46-32-30-39(37-17-5-2-6-18-37)35-52(46)62(51(45)34-38)57-59-55(58-56(60-57)61-49-26-10-7-21-43(49)44-22-8-11-27-50(44)61)41-20-13-19-40(33-41)42-24-14-25-48-47-23-9-12-28-53(47)63-54(42)48/h1-35H/i1D,2D,3D,4D,5D,6D,7D,8D,10D,11D,15D,16D,17D,18D,21D,22D,26D,27D,29D,30D,31D,32D,34D,35D. The first-order valence-electron chi connectivity index (χ1n) is 31.2. The number of benzene rings is 9. The van der Waals surface area contributed by atoms with Gasteiger partial charge in [0.15, 0.2) is 5.82 Å². The number of aromatic nitrogens is 5. The highest BCUT2D eigenvalue weighted by Crippen LogP contribution is 2.42. The molecule has 0 bridgehead atoms. The van der Waals surface area contributed by atoms with Crippen LogP contribution >= 0.6 is 11.3 Å². The second-order valence-corrected chi connectivity index (χ2v) is 15.2. The molecule has 0 radical (unpaired) electrons. The number of rotatable bonds is 6. The molecule has 13 rings (SSSR count). The molecule has 0 unspecified atom stereocenters. The molecule has 0 atom stereocenters. The van der Waals surface area contributed by atoms with Crippen LogP contribution in [0.25, 0.3) is 120 Å². The van der Waals surface area contributed by atoms with Crippen molar-refractivity contribution < 1.29 is 32.9 Å². The molecule has 4 aromatic heterocycles. The summed E-state index contributed by atoms with van der Waals surface area (Å²) in [7, 11) is 0. The maximum atomic E-state index is 10.1. The van der Waals surface area contributed by atoms with Gasteiger partial charge in [-0.2, -0.15) is 15.0 Å². The van der Waals surface area contributed by atoms with E-state index in [1.807, 2.05) is 48.5 Å². The highest BCUT2D eigenvalue weighted by molar-refractivity contribution is 7.26. The van der Waals surface area contributed by atoms with Crippen molar-refractivity contribution in [2.45, 2.75) is 0 Å². The highest BCUT2D eigenvalue weighted by Gasteiger charge is 2.22.